The number of fused-ring (bicyclic) bond motifs is 2. The standard InChI is InChI=1S/C18H23N3O3/c22-16-7-12-9-21(10-13(12)8-17(16)23)18(24)5-6-20-11-19-14-3-1-2-4-15(14)20/h1-4,11-13,16-17,22-23H,5-10H2/t12-,13+,16-,17-/m1/s1. The van der Waals surface area contributed by atoms with Crippen molar-refractivity contribution in [3.05, 3.63) is 30.6 Å². The lowest BCUT2D eigenvalue weighted by Gasteiger charge is -2.31. The summed E-state index contributed by atoms with van der Waals surface area (Å²) in [5, 5.41) is 19.6. The Balaban J connectivity index is 1.37. The van der Waals surface area contributed by atoms with Gasteiger partial charge in [-0.2, -0.15) is 0 Å². The lowest BCUT2D eigenvalue weighted by molar-refractivity contribution is -0.130. The fraction of sp³-hybridized carbons (Fsp3) is 0.556. The molecule has 1 aliphatic heterocycles. The van der Waals surface area contributed by atoms with Gasteiger partial charge in [-0.1, -0.05) is 12.1 Å². The van der Waals surface area contributed by atoms with Gasteiger partial charge in [0.15, 0.2) is 0 Å². The van der Waals surface area contributed by atoms with E-state index < -0.39 is 12.2 Å². The average molecular weight is 329 g/mol. The van der Waals surface area contributed by atoms with Crippen LogP contribution in [0.5, 0.6) is 0 Å². The molecule has 0 spiro atoms. The van der Waals surface area contributed by atoms with Gasteiger partial charge in [0.2, 0.25) is 5.91 Å². The smallest absolute Gasteiger partial charge is 0.224 e. The van der Waals surface area contributed by atoms with Crippen LogP contribution in [0.15, 0.2) is 30.6 Å². The zero-order valence-electron chi connectivity index (χ0n) is 13.6. The summed E-state index contributed by atoms with van der Waals surface area (Å²) in [4.78, 5) is 18.8. The maximum Gasteiger partial charge on any atom is 0.224 e. The van der Waals surface area contributed by atoms with Gasteiger partial charge in [0.25, 0.3) is 0 Å². The Bertz CT molecular complexity index is 726. The molecule has 1 aliphatic carbocycles. The largest absolute Gasteiger partial charge is 0.390 e. The number of benzene rings is 1. The van der Waals surface area contributed by atoms with E-state index in [-0.39, 0.29) is 5.91 Å². The third-order valence-electron chi connectivity index (χ3n) is 5.56. The van der Waals surface area contributed by atoms with Crippen LogP contribution in [0.2, 0.25) is 0 Å². The molecule has 0 radical (unpaired) electrons. The Morgan fingerprint density at radius 3 is 2.50 bits per heavy atom. The number of carbonyl (C=O) groups excluding carboxylic acids is 1. The fourth-order valence-corrected chi connectivity index (χ4v) is 4.17. The molecule has 0 bridgehead atoms. The summed E-state index contributed by atoms with van der Waals surface area (Å²) in [6.07, 6.45) is 2.15. The predicted molar refractivity (Wildman–Crippen MR) is 89.2 cm³/mol. The third kappa shape index (κ3) is 2.80. The number of aryl methyl sites for hydroxylation is 1. The SMILES string of the molecule is O=C(CCn1cnc2ccccc21)N1C[C@H]2C[C@@H](O)[C@H](O)C[C@H]2C1. The number of likely N-dealkylation sites (tertiary alicyclic amines) is 1. The van der Waals surface area contributed by atoms with E-state index in [9.17, 15) is 15.0 Å². The molecule has 4 rings (SSSR count). The van der Waals surface area contributed by atoms with Crippen LogP contribution in [-0.4, -0.2) is 55.9 Å². The molecule has 1 saturated carbocycles. The van der Waals surface area contributed by atoms with Gasteiger partial charge < -0.3 is 19.7 Å². The van der Waals surface area contributed by atoms with Gasteiger partial charge in [0.1, 0.15) is 0 Å². The second-order valence-electron chi connectivity index (χ2n) is 7.10. The van der Waals surface area contributed by atoms with E-state index >= 15 is 0 Å². The maximum atomic E-state index is 12.6. The molecule has 2 heterocycles. The molecule has 6 heteroatoms. The molecule has 0 unspecified atom stereocenters. The highest BCUT2D eigenvalue weighted by atomic mass is 16.3. The number of aliphatic hydroxyl groups excluding tert-OH is 2. The lowest BCUT2D eigenvalue weighted by Crippen LogP contribution is -2.38. The minimum absolute atomic E-state index is 0.145. The number of para-hydroxylation sites is 2. The topological polar surface area (TPSA) is 78.6 Å². The van der Waals surface area contributed by atoms with Gasteiger partial charge in [-0.05, 0) is 36.8 Å². The van der Waals surface area contributed by atoms with E-state index in [1.807, 2.05) is 33.7 Å². The van der Waals surface area contributed by atoms with Crippen LogP contribution in [0, 0.1) is 11.8 Å². The second-order valence-corrected chi connectivity index (χ2v) is 7.10. The van der Waals surface area contributed by atoms with Gasteiger partial charge in [-0.15, -0.1) is 0 Å². The van der Waals surface area contributed by atoms with E-state index in [2.05, 4.69) is 4.98 Å². The van der Waals surface area contributed by atoms with Crippen LogP contribution in [0.4, 0.5) is 0 Å². The Morgan fingerprint density at radius 2 is 1.79 bits per heavy atom. The van der Waals surface area contributed by atoms with Crippen molar-refractivity contribution >= 4 is 16.9 Å². The first-order valence-electron chi connectivity index (χ1n) is 8.65. The van der Waals surface area contributed by atoms with Crippen molar-refractivity contribution in [1.29, 1.82) is 0 Å². The first kappa shape index (κ1) is 15.6. The number of amides is 1. The van der Waals surface area contributed by atoms with Crippen molar-refractivity contribution < 1.29 is 15.0 Å². The first-order valence-corrected chi connectivity index (χ1v) is 8.65. The van der Waals surface area contributed by atoms with Crippen molar-refractivity contribution in [3.8, 4) is 0 Å². The molecule has 2 N–H and O–H groups in total. The van der Waals surface area contributed by atoms with E-state index in [0.717, 1.165) is 11.0 Å². The zero-order valence-corrected chi connectivity index (χ0v) is 13.6. The number of nitrogens with zero attached hydrogens (tertiary/aromatic N) is 3. The van der Waals surface area contributed by atoms with Gasteiger partial charge in [0, 0.05) is 26.1 Å². The number of rotatable bonds is 3. The first-order chi connectivity index (χ1) is 11.6. The van der Waals surface area contributed by atoms with Gasteiger partial charge >= 0.3 is 0 Å². The summed E-state index contributed by atoms with van der Waals surface area (Å²) < 4.78 is 2.02. The quantitative estimate of drug-likeness (QED) is 0.881. The number of hydrogen-bond acceptors (Lipinski definition) is 4. The maximum absolute atomic E-state index is 12.6. The molecule has 4 atom stereocenters. The number of aliphatic hydroxyl groups is 2. The second kappa shape index (κ2) is 6.18. The molecule has 1 aromatic carbocycles. The Labute approximate surface area is 140 Å². The van der Waals surface area contributed by atoms with Crippen LogP contribution in [-0.2, 0) is 11.3 Å². The highest BCUT2D eigenvalue weighted by Gasteiger charge is 2.42. The molecule has 1 saturated heterocycles. The third-order valence-corrected chi connectivity index (χ3v) is 5.56. The van der Waals surface area contributed by atoms with Gasteiger partial charge in [0.05, 0.1) is 29.6 Å². The molecule has 24 heavy (non-hydrogen) atoms. The number of carbonyl (C=O) groups is 1. The van der Waals surface area contributed by atoms with Crippen LogP contribution in [0.25, 0.3) is 11.0 Å². The summed E-state index contributed by atoms with van der Waals surface area (Å²) >= 11 is 0. The van der Waals surface area contributed by atoms with Gasteiger partial charge in [-0.3, -0.25) is 4.79 Å². The van der Waals surface area contributed by atoms with E-state index in [0.29, 0.717) is 50.7 Å². The fourth-order valence-electron chi connectivity index (χ4n) is 4.17. The molecule has 6 nitrogen and oxygen atoms in total. The highest BCUT2D eigenvalue weighted by Crippen LogP contribution is 2.36. The molecular weight excluding hydrogens is 306 g/mol. The van der Waals surface area contributed by atoms with Crippen molar-refractivity contribution in [2.75, 3.05) is 13.1 Å². The van der Waals surface area contributed by atoms with Crippen LogP contribution in [0.1, 0.15) is 19.3 Å². The molecule has 2 aliphatic rings. The van der Waals surface area contributed by atoms with Crippen molar-refractivity contribution in [3.63, 3.8) is 0 Å². The highest BCUT2D eigenvalue weighted by molar-refractivity contribution is 5.78. The van der Waals surface area contributed by atoms with E-state index in [4.69, 9.17) is 0 Å². The molecule has 2 fully saturated rings. The Hall–Kier alpha value is -1.92. The number of aromatic nitrogens is 2. The monoisotopic (exact) mass is 329 g/mol. The average Bonchev–Trinajstić information content (AvgIpc) is 3.17. The number of imidazole rings is 1. The minimum atomic E-state index is -0.640. The van der Waals surface area contributed by atoms with E-state index in [1.165, 1.54) is 0 Å². The Kier molecular flexibility index (Phi) is 4.02. The lowest BCUT2D eigenvalue weighted by atomic mass is 9.79. The van der Waals surface area contributed by atoms with E-state index in [1.54, 1.807) is 6.33 Å². The molecular formula is C18H23N3O3. The summed E-state index contributed by atoms with van der Waals surface area (Å²) in [7, 11) is 0. The van der Waals surface area contributed by atoms with Crippen molar-refractivity contribution in [1.82, 2.24) is 14.5 Å². The molecule has 1 aromatic heterocycles. The van der Waals surface area contributed by atoms with Crippen molar-refractivity contribution in [2.24, 2.45) is 11.8 Å². The van der Waals surface area contributed by atoms with Crippen LogP contribution in [0.3, 0.4) is 0 Å². The Morgan fingerprint density at radius 1 is 1.12 bits per heavy atom. The van der Waals surface area contributed by atoms with Crippen molar-refractivity contribution in [2.45, 2.75) is 38.0 Å². The summed E-state index contributed by atoms with van der Waals surface area (Å²) in [5.74, 6) is 0.786. The predicted octanol–water partition coefficient (Wildman–Crippen LogP) is 1.02. The van der Waals surface area contributed by atoms with Gasteiger partial charge in [-0.25, -0.2) is 4.98 Å². The normalized spacial score (nSPS) is 29.8. The summed E-state index contributed by atoms with van der Waals surface area (Å²) in [5.41, 5.74) is 1.99. The van der Waals surface area contributed by atoms with Crippen LogP contribution < -0.4 is 0 Å². The zero-order chi connectivity index (χ0) is 16.7. The summed E-state index contributed by atoms with van der Waals surface area (Å²) in [6.45, 7) is 2.03. The molecule has 1 amide bonds. The molecule has 2 aromatic rings. The minimum Gasteiger partial charge on any atom is -0.390 e. The molecule has 128 valence electrons. The summed E-state index contributed by atoms with van der Waals surface area (Å²) in [6, 6.07) is 7.92. The number of hydrogen-bond donors (Lipinski definition) is 2. The van der Waals surface area contributed by atoms with Crippen LogP contribution >= 0.6 is 0 Å².